The van der Waals surface area contributed by atoms with Crippen molar-refractivity contribution >= 4 is 50.2 Å². The Morgan fingerprint density at radius 3 is 2.89 bits per heavy atom. The number of hydrogen-bond acceptors (Lipinski definition) is 5. The second-order valence-corrected chi connectivity index (χ2v) is 6.76. The van der Waals surface area contributed by atoms with Crippen LogP contribution in [0, 0.1) is 3.95 Å². The lowest BCUT2D eigenvalue weighted by atomic mass is 10.4. The van der Waals surface area contributed by atoms with Crippen molar-refractivity contribution in [3.8, 4) is 0 Å². The second-order valence-electron chi connectivity index (χ2n) is 3.67. The van der Waals surface area contributed by atoms with Gasteiger partial charge in [0.15, 0.2) is 9.07 Å². The largest absolute Gasteiger partial charge is 0.467 e. The van der Waals surface area contributed by atoms with Gasteiger partial charge in [-0.1, -0.05) is 0 Å². The van der Waals surface area contributed by atoms with E-state index in [-0.39, 0.29) is 0 Å². The van der Waals surface area contributed by atoms with E-state index in [1.807, 2.05) is 30.8 Å². The monoisotopic (exact) mass is 317 g/mol. The molecule has 0 aromatic carbocycles. The van der Waals surface area contributed by atoms with Crippen LogP contribution >= 0.6 is 45.1 Å². The Hall–Kier alpha value is -0.830. The fourth-order valence-corrected chi connectivity index (χ4v) is 3.75. The molecule has 8 heteroatoms. The zero-order valence-corrected chi connectivity index (χ0v) is 13.1. The lowest BCUT2D eigenvalue weighted by Gasteiger charge is -2.07. The van der Waals surface area contributed by atoms with Crippen molar-refractivity contribution in [1.82, 2.24) is 9.47 Å². The lowest BCUT2D eigenvalue weighted by molar-refractivity contribution is 0.490. The molecule has 0 saturated carbocycles. The van der Waals surface area contributed by atoms with Crippen molar-refractivity contribution in [1.29, 1.82) is 0 Å². The highest BCUT2D eigenvalue weighted by molar-refractivity contribution is 7.80. The summed E-state index contributed by atoms with van der Waals surface area (Å²) in [5.74, 6) is 0.851. The molecule has 0 bridgehead atoms. The van der Waals surface area contributed by atoms with Gasteiger partial charge in [0.1, 0.15) is 5.76 Å². The van der Waals surface area contributed by atoms with E-state index in [4.69, 9.17) is 28.9 Å². The molecule has 0 fully saturated rings. The predicted molar refractivity (Wildman–Crippen MR) is 80.7 cm³/mol. The van der Waals surface area contributed by atoms with Gasteiger partial charge in [-0.05, 0) is 57.2 Å². The van der Waals surface area contributed by atoms with Crippen LogP contribution in [0.3, 0.4) is 0 Å². The van der Waals surface area contributed by atoms with E-state index in [2.05, 4.69) is 4.99 Å². The molecule has 2 heterocycles. The van der Waals surface area contributed by atoms with E-state index in [0.29, 0.717) is 11.7 Å². The van der Waals surface area contributed by atoms with Crippen molar-refractivity contribution in [2.24, 2.45) is 4.99 Å². The fraction of sp³-hybridized carbons (Fsp3) is 0.300. The van der Waals surface area contributed by atoms with Gasteiger partial charge in [0.2, 0.25) is 4.80 Å². The highest BCUT2D eigenvalue weighted by Crippen LogP contribution is 2.09. The van der Waals surface area contributed by atoms with Crippen LogP contribution in [0.4, 0.5) is 0 Å². The van der Waals surface area contributed by atoms with Crippen LogP contribution in [-0.4, -0.2) is 28.7 Å². The van der Waals surface area contributed by atoms with E-state index < -0.39 is 0 Å². The summed E-state index contributed by atoms with van der Waals surface area (Å²) in [6, 6.07) is 3.77. The number of rotatable bonds is 2. The summed E-state index contributed by atoms with van der Waals surface area (Å²) in [7, 11) is 6.77. The third-order valence-corrected chi connectivity index (χ3v) is 5.43. The minimum Gasteiger partial charge on any atom is -0.467 e. The number of aromatic nitrogens is 1. The molecule has 0 saturated heterocycles. The predicted octanol–water partition coefficient (Wildman–Crippen LogP) is 2.73. The van der Waals surface area contributed by atoms with Crippen LogP contribution in [0.2, 0.25) is 0 Å². The highest BCUT2D eigenvalue weighted by Gasteiger charge is 2.05. The van der Waals surface area contributed by atoms with Crippen LogP contribution in [-0.2, 0) is 6.54 Å². The van der Waals surface area contributed by atoms with Crippen LogP contribution in [0.5, 0.6) is 0 Å². The molecule has 0 aliphatic heterocycles. The molecule has 4 nitrogen and oxygen atoms in total. The molecule has 2 aromatic heterocycles. The first-order chi connectivity index (χ1) is 8.58. The molecule has 0 spiro atoms. The first-order valence-corrected chi connectivity index (χ1v) is 8.03. The minimum absolute atomic E-state index is 0.534. The van der Waals surface area contributed by atoms with Crippen molar-refractivity contribution in [3.63, 3.8) is 0 Å². The fourth-order valence-electron chi connectivity index (χ4n) is 1.19. The van der Waals surface area contributed by atoms with E-state index >= 15 is 0 Å². The molecule has 0 aliphatic rings. The molecule has 2 aromatic rings. The minimum atomic E-state index is 0.534. The third kappa shape index (κ3) is 3.14. The Bertz CT molecular complexity index is 647. The second kappa shape index (κ2) is 5.87. The Morgan fingerprint density at radius 1 is 1.50 bits per heavy atom. The molecule has 0 radical (unpaired) electrons. The van der Waals surface area contributed by atoms with Gasteiger partial charge in [0, 0.05) is 14.1 Å². The average Bonchev–Trinajstić information content (AvgIpc) is 2.93. The molecule has 2 rings (SSSR count). The summed E-state index contributed by atoms with van der Waals surface area (Å²) in [5, 5.41) is 0.534. The number of hydrogen-bond donors (Lipinski definition) is 0. The van der Waals surface area contributed by atoms with E-state index in [1.165, 1.54) is 20.7 Å². The van der Waals surface area contributed by atoms with Crippen LogP contribution in [0.1, 0.15) is 5.76 Å². The maximum atomic E-state index is 5.33. The number of furan rings is 1. The van der Waals surface area contributed by atoms with Crippen molar-refractivity contribution in [3.05, 3.63) is 32.9 Å². The quantitative estimate of drug-likeness (QED) is 0.630. The normalized spacial score (nSPS) is 11.8. The molecular weight excluding hydrogens is 306 g/mol. The third-order valence-electron chi connectivity index (χ3n) is 2.11. The topological polar surface area (TPSA) is 33.7 Å². The van der Waals surface area contributed by atoms with E-state index in [1.54, 1.807) is 11.2 Å². The van der Waals surface area contributed by atoms with Crippen LogP contribution < -0.4 is 4.80 Å². The Labute approximate surface area is 122 Å². The Kier molecular flexibility index (Phi) is 4.44. The first kappa shape index (κ1) is 13.6. The summed E-state index contributed by atoms with van der Waals surface area (Å²) in [4.78, 5) is 7.00. The van der Waals surface area contributed by atoms with E-state index in [9.17, 15) is 0 Å². The molecule has 0 aliphatic carbocycles. The van der Waals surface area contributed by atoms with Gasteiger partial charge in [-0.25, -0.2) is 0 Å². The summed E-state index contributed by atoms with van der Waals surface area (Å²) < 4.78 is 8.03. The van der Waals surface area contributed by atoms with Gasteiger partial charge in [0.25, 0.3) is 0 Å². The maximum Gasteiger partial charge on any atom is 0.204 e. The highest BCUT2D eigenvalue weighted by atomic mass is 32.9. The first-order valence-electron chi connectivity index (χ1n) is 5.06. The molecule has 18 heavy (non-hydrogen) atoms. The summed E-state index contributed by atoms with van der Waals surface area (Å²) in [6.07, 6.45) is 1.65. The zero-order chi connectivity index (χ0) is 13.1. The van der Waals surface area contributed by atoms with Gasteiger partial charge in [-0.3, -0.25) is 4.57 Å². The lowest BCUT2D eigenvalue weighted by Crippen LogP contribution is -2.23. The Morgan fingerprint density at radius 2 is 2.28 bits per heavy atom. The van der Waals surface area contributed by atoms with Gasteiger partial charge in [0.05, 0.1) is 12.8 Å². The summed E-state index contributed by atoms with van der Waals surface area (Å²) in [6.45, 7) is 0.584. The maximum absolute atomic E-state index is 5.33. The van der Waals surface area contributed by atoms with Crippen LogP contribution in [0.25, 0.3) is 0 Å². The van der Waals surface area contributed by atoms with E-state index in [0.717, 1.165) is 14.5 Å². The van der Waals surface area contributed by atoms with Gasteiger partial charge < -0.3 is 9.32 Å². The number of nitrogens with zero attached hydrogens (tertiary/aromatic N) is 3. The summed E-state index contributed by atoms with van der Waals surface area (Å²) in [5.41, 5.74) is 0. The molecular formula is C10H11N3OS4. The van der Waals surface area contributed by atoms with Crippen LogP contribution in [0.15, 0.2) is 27.8 Å². The SMILES string of the molecule is CN(C)C(=S)/N=c1/ssc(=S)n1Cc1ccco1. The molecule has 0 N–H and O–H groups in total. The van der Waals surface area contributed by atoms with Gasteiger partial charge in [-0.2, -0.15) is 4.99 Å². The number of thiocarbonyl (C=S) groups is 1. The molecule has 96 valence electrons. The molecule has 0 amide bonds. The van der Waals surface area contributed by atoms with Gasteiger partial charge in [-0.15, -0.1) is 0 Å². The summed E-state index contributed by atoms with van der Waals surface area (Å²) >= 11 is 10.5. The van der Waals surface area contributed by atoms with Crippen molar-refractivity contribution in [2.75, 3.05) is 14.1 Å². The average molecular weight is 317 g/mol. The molecule has 0 unspecified atom stereocenters. The smallest absolute Gasteiger partial charge is 0.204 e. The van der Waals surface area contributed by atoms with Crippen molar-refractivity contribution in [2.45, 2.75) is 6.54 Å². The molecule has 0 atom stereocenters. The standard InChI is InChI=1S/C10H11N3OS4/c1-12(2)8(15)11-9-13(10(16)18-17-9)6-7-4-3-5-14-7/h3-5H,6H2,1-2H3/b11-9+. The zero-order valence-electron chi connectivity index (χ0n) is 9.82. The van der Waals surface area contributed by atoms with Crippen molar-refractivity contribution < 1.29 is 4.42 Å². The van der Waals surface area contributed by atoms with Gasteiger partial charge >= 0.3 is 0 Å². The Balaban J connectivity index is 2.39.